The Hall–Kier alpha value is -2.70. The normalized spacial score (nSPS) is 16.8. The largest absolute Gasteiger partial charge is 0.339 e. The highest BCUT2D eigenvalue weighted by Gasteiger charge is 2.34. The summed E-state index contributed by atoms with van der Waals surface area (Å²) in [5.41, 5.74) is 0.863. The lowest BCUT2D eigenvalue weighted by atomic mass is 10.1. The highest BCUT2D eigenvalue weighted by molar-refractivity contribution is 6.21. The maximum Gasteiger partial charge on any atom is 0.261 e. The van der Waals surface area contributed by atoms with Gasteiger partial charge in [-0.1, -0.05) is 26.0 Å². The van der Waals surface area contributed by atoms with Gasteiger partial charge in [0.25, 0.3) is 11.8 Å². The second-order valence-corrected chi connectivity index (χ2v) is 7.77. The number of imide groups is 1. The maximum absolute atomic E-state index is 12.4. The van der Waals surface area contributed by atoms with E-state index in [0.717, 1.165) is 0 Å². The lowest BCUT2D eigenvalue weighted by Crippen LogP contribution is -2.50. The van der Waals surface area contributed by atoms with Crippen LogP contribution in [0.25, 0.3) is 0 Å². The number of nitrogens with zero attached hydrogens (tertiary/aromatic N) is 3. The molecule has 0 unspecified atom stereocenters. The standard InChI is InChI=1S/C21H27N3O4/c1-15(2)14-19(26)23-12-10-22(11-13-23)18(25)8-5-9-24-20(27)16-6-3-4-7-17(16)21(24)28/h3-4,6-7,15H,5,8-14H2,1-2H3. The van der Waals surface area contributed by atoms with Crippen LogP contribution in [0.5, 0.6) is 0 Å². The summed E-state index contributed by atoms with van der Waals surface area (Å²) in [6.45, 7) is 6.49. The number of rotatable bonds is 6. The Kier molecular flexibility index (Phi) is 6.11. The molecule has 0 aliphatic carbocycles. The molecule has 0 bridgehead atoms. The minimum absolute atomic E-state index is 0.00701. The van der Waals surface area contributed by atoms with E-state index in [1.165, 1.54) is 4.90 Å². The summed E-state index contributed by atoms with van der Waals surface area (Å²) in [7, 11) is 0. The van der Waals surface area contributed by atoms with Gasteiger partial charge < -0.3 is 9.80 Å². The van der Waals surface area contributed by atoms with E-state index in [2.05, 4.69) is 0 Å². The molecule has 2 aliphatic heterocycles. The molecule has 0 aromatic heterocycles. The van der Waals surface area contributed by atoms with Gasteiger partial charge in [-0.05, 0) is 24.5 Å². The molecule has 0 N–H and O–H groups in total. The zero-order chi connectivity index (χ0) is 20.3. The van der Waals surface area contributed by atoms with Crippen molar-refractivity contribution < 1.29 is 19.2 Å². The molecule has 0 atom stereocenters. The van der Waals surface area contributed by atoms with E-state index in [1.807, 2.05) is 18.7 Å². The van der Waals surface area contributed by atoms with E-state index in [4.69, 9.17) is 0 Å². The van der Waals surface area contributed by atoms with Crippen LogP contribution in [-0.2, 0) is 9.59 Å². The number of fused-ring (bicyclic) bond motifs is 1. The fourth-order valence-electron chi connectivity index (χ4n) is 3.67. The maximum atomic E-state index is 12.4. The van der Waals surface area contributed by atoms with E-state index < -0.39 is 0 Å². The molecule has 1 fully saturated rings. The van der Waals surface area contributed by atoms with Crippen molar-refractivity contribution in [3.8, 4) is 0 Å². The van der Waals surface area contributed by atoms with E-state index >= 15 is 0 Å². The van der Waals surface area contributed by atoms with Gasteiger partial charge in [-0.3, -0.25) is 24.1 Å². The number of carbonyl (C=O) groups is 4. The lowest BCUT2D eigenvalue weighted by molar-refractivity contribution is -0.140. The number of hydrogen-bond acceptors (Lipinski definition) is 4. The van der Waals surface area contributed by atoms with Gasteiger partial charge in [-0.15, -0.1) is 0 Å². The van der Waals surface area contributed by atoms with Crippen LogP contribution in [0.4, 0.5) is 0 Å². The van der Waals surface area contributed by atoms with Gasteiger partial charge in [-0.25, -0.2) is 0 Å². The summed E-state index contributed by atoms with van der Waals surface area (Å²) in [4.78, 5) is 54.0. The molecule has 4 amide bonds. The third-order valence-electron chi connectivity index (χ3n) is 5.22. The van der Waals surface area contributed by atoms with Gasteiger partial charge in [0, 0.05) is 45.6 Å². The van der Waals surface area contributed by atoms with Crippen molar-refractivity contribution >= 4 is 23.6 Å². The van der Waals surface area contributed by atoms with Gasteiger partial charge >= 0.3 is 0 Å². The van der Waals surface area contributed by atoms with Crippen LogP contribution in [0.1, 0.15) is 53.8 Å². The Morgan fingerprint density at radius 3 is 1.89 bits per heavy atom. The molecule has 0 radical (unpaired) electrons. The van der Waals surface area contributed by atoms with E-state index in [9.17, 15) is 19.2 Å². The fourth-order valence-corrected chi connectivity index (χ4v) is 3.67. The van der Waals surface area contributed by atoms with Crippen molar-refractivity contribution in [2.45, 2.75) is 33.1 Å². The van der Waals surface area contributed by atoms with Crippen molar-refractivity contribution in [2.24, 2.45) is 5.92 Å². The van der Waals surface area contributed by atoms with Crippen molar-refractivity contribution in [3.05, 3.63) is 35.4 Å². The van der Waals surface area contributed by atoms with Crippen LogP contribution in [0.2, 0.25) is 0 Å². The predicted octanol–water partition coefficient (Wildman–Crippen LogP) is 1.78. The Balaban J connectivity index is 1.43. The summed E-state index contributed by atoms with van der Waals surface area (Å²) in [5.74, 6) is -0.0924. The molecule has 150 valence electrons. The molecule has 1 saturated heterocycles. The van der Waals surface area contributed by atoms with Crippen molar-refractivity contribution in [2.75, 3.05) is 32.7 Å². The number of piperazine rings is 1. The first-order valence-electron chi connectivity index (χ1n) is 9.89. The van der Waals surface area contributed by atoms with Crippen LogP contribution in [-0.4, -0.2) is 71.1 Å². The van der Waals surface area contributed by atoms with E-state index in [0.29, 0.717) is 56.1 Å². The third kappa shape index (κ3) is 4.24. The topological polar surface area (TPSA) is 78.0 Å². The zero-order valence-corrected chi connectivity index (χ0v) is 16.5. The van der Waals surface area contributed by atoms with E-state index in [1.54, 1.807) is 29.2 Å². The number of carbonyl (C=O) groups excluding carboxylic acids is 4. The minimum Gasteiger partial charge on any atom is -0.339 e. The number of amides is 4. The second-order valence-electron chi connectivity index (χ2n) is 7.77. The highest BCUT2D eigenvalue weighted by Crippen LogP contribution is 2.22. The Morgan fingerprint density at radius 1 is 0.893 bits per heavy atom. The first-order valence-corrected chi connectivity index (χ1v) is 9.89. The highest BCUT2D eigenvalue weighted by atomic mass is 16.2. The summed E-state index contributed by atoms with van der Waals surface area (Å²) >= 11 is 0. The molecular formula is C21H27N3O4. The molecule has 0 saturated carbocycles. The first-order chi connectivity index (χ1) is 13.4. The quantitative estimate of drug-likeness (QED) is 0.700. The molecule has 1 aromatic rings. The van der Waals surface area contributed by atoms with Gasteiger partial charge in [0.05, 0.1) is 11.1 Å². The van der Waals surface area contributed by atoms with Gasteiger partial charge in [0.1, 0.15) is 0 Å². The van der Waals surface area contributed by atoms with Crippen molar-refractivity contribution in [3.63, 3.8) is 0 Å². The van der Waals surface area contributed by atoms with Gasteiger partial charge in [0.2, 0.25) is 11.8 Å². The second kappa shape index (κ2) is 8.54. The summed E-state index contributed by atoms with van der Waals surface area (Å²) in [5, 5.41) is 0. The van der Waals surface area contributed by atoms with Gasteiger partial charge in [0.15, 0.2) is 0 Å². The average molecular weight is 385 g/mol. The first kappa shape index (κ1) is 20.0. The van der Waals surface area contributed by atoms with Crippen LogP contribution in [0.15, 0.2) is 24.3 Å². The fraction of sp³-hybridized carbons (Fsp3) is 0.524. The lowest BCUT2D eigenvalue weighted by Gasteiger charge is -2.35. The summed E-state index contributed by atoms with van der Waals surface area (Å²) in [6, 6.07) is 6.78. The van der Waals surface area contributed by atoms with Crippen molar-refractivity contribution in [1.82, 2.24) is 14.7 Å². The van der Waals surface area contributed by atoms with Crippen LogP contribution in [0, 0.1) is 5.92 Å². The van der Waals surface area contributed by atoms with E-state index in [-0.39, 0.29) is 36.6 Å². The number of benzene rings is 1. The minimum atomic E-state index is -0.287. The third-order valence-corrected chi connectivity index (χ3v) is 5.22. The molecule has 28 heavy (non-hydrogen) atoms. The summed E-state index contributed by atoms with van der Waals surface area (Å²) in [6.07, 6.45) is 1.26. The predicted molar refractivity (Wildman–Crippen MR) is 104 cm³/mol. The Morgan fingerprint density at radius 2 is 1.39 bits per heavy atom. The Bertz CT molecular complexity index is 747. The van der Waals surface area contributed by atoms with Crippen molar-refractivity contribution in [1.29, 1.82) is 0 Å². The molecule has 2 heterocycles. The SMILES string of the molecule is CC(C)CC(=O)N1CCN(C(=O)CCCN2C(=O)c3ccccc3C2=O)CC1. The monoisotopic (exact) mass is 385 g/mol. The zero-order valence-electron chi connectivity index (χ0n) is 16.5. The smallest absolute Gasteiger partial charge is 0.261 e. The summed E-state index contributed by atoms with van der Waals surface area (Å²) < 4.78 is 0. The molecule has 1 aromatic carbocycles. The average Bonchev–Trinajstić information content (AvgIpc) is 2.92. The molecule has 2 aliphatic rings. The van der Waals surface area contributed by atoms with Gasteiger partial charge in [-0.2, -0.15) is 0 Å². The van der Waals surface area contributed by atoms with Crippen LogP contribution < -0.4 is 0 Å². The molecule has 3 rings (SSSR count). The molecule has 0 spiro atoms. The van der Waals surface area contributed by atoms with Crippen LogP contribution >= 0.6 is 0 Å². The Labute approximate surface area is 165 Å². The number of hydrogen-bond donors (Lipinski definition) is 0. The molecular weight excluding hydrogens is 358 g/mol. The van der Waals surface area contributed by atoms with Crippen LogP contribution in [0.3, 0.4) is 0 Å². The molecule has 7 heteroatoms. The molecule has 7 nitrogen and oxygen atoms in total.